The third-order valence-electron chi connectivity index (χ3n) is 3.66. The van der Waals surface area contributed by atoms with Crippen molar-refractivity contribution >= 4 is 17.5 Å². The first-order valence-electron chi connectivity index (χ1n) is 6.62. The SMILES string of the molecule is CN1CCN(CC(=O)Nc2ccncc2)C(C)(C)C1=O. The highest BCUT2D eigenvalue weighted by Crippen LogP contribution is 2.21. The van der Waals surface area contributed by atoms with E-state index in [0.29, 0.717) is 18.8 Å². The molecule has 1 aliphatic heterocycles. The zero-order chi connectivity index (χ0) is 14.8. The molecule has 2 heterocycles. The van der Waals surface area contributed by atoms with Gasteiger partial charge in [-0.1, -0.05) is 0 Å². The van der Waals surface area contributed by atoms with Crippen molar-refractivity contribution in [2.24, 2.45) is 0 Å². The fourth-order valence-electron chi connectivity index (χ4n) is 2.34. The zero-order valence-corrected chi connectivity index (χ0v) is 12.1. The number of aromatic nitrogens is 1. The molecule has 6 nitrogen and oxygen atoms in total. The van der Waals surface area contributed by atoms with Crippen LogP contribution in [0.15, 0.2) is 24.5 Å². The number of piperazine rings is 1. The standard InChI is InChI=1S/C14H20N4O2/c1-14(2)13(20)17(3)8-9-18(14)10-12(19)16-11-4-6-15-7-5-11/h4-7H,8-10H2,1-3H3,(H,15,16,19). The van der Waals surface area contributed by atoms with Gasteiger partial charge in [-0.25, -0.2) is 0 Å². The van der Waals surface area contributed by atoms with Gasteiger partial charge >= 0.3 is 0 Å². The van der Waals surface area contributed by atoms with Gasteiger partial charge < -0.3 is 10.2 Å². The summed E-state index contributed by atoms with van der Waals surface area (Å²) in [7, 11) is 1.79. The first-order chi connectivity index (χ1) is 9.41. The lowest BCUT2D eigenvalue weighted by Gasteiger charge is -2.44. The number of likely N-dealkylation sites (N-methyl/N-ethyl adjacent to an activating group) is 1. The predicted octanol–water partition coefficient (Wildman–Crippen LogP) is 0.573. The minimum atomic E-state index is -0.650. The molecule has 0 atom stereocenters. The van der Waals surface area contributed by atoms with Crippen LogP contribution in [0, 0.1) is 0 Å². The maximum absolute atomic E-state index is 12.1. The van der Waals surface area contributed by atoms with Gasteiger partial charge in [0.15, 0.2) is 0 Å². The first-order valence-corrected chi connectivity index (χ1v) is 6.62. The minimum absolute atomic E-state index is 0.0421. The number of anilines is 1. The highest BCUT2D eigenvalue weighted by atomic mass is 16.2. The molecule has 1 aromatic heterocycles. The van der Waals surface area contributed by atoms with E-state index in [9.17, 15) is 9.59 Å². The van der Waals surface area contributed by atoms with E-state index in [1.807, 2.05) is 18.7 Å². The Hall–Kier alpha value is -1.95. The van der Waals surface area contributed by atoms with Crippen LogP contribution in [0.3, 0.4) is 0 Å². The van der Waals surface area contributed by atoms with E-state index in [4.69, 9.17) is 0 Å². The monoisotopic (exact) mass is 276 g/mol. The quantitative estimate of drug-likeness (QED) is 0.876. The molecular weight excluding hydrogens is 256 g/mol. The molecule has 0 saturated carbocycles. The van der Waals surface area contributed by atoms with Crippen LogP contribution in [0.5, 0.6) is 0 Å². The number of carbonyl (C=O) groups is 2. The summed E-state index contributed by atoms with van der Waals surface area (Å²) in [6, 6.07) is 3.47. The highest BCUT2D eigenvalue weighted by Gasteiger charge is 2.40. The van der Waals surface area contributed by atoms with Gasteiger partial charge in [-0.05, 0) is 26.0 Å². The third-order valence-corrected chi connectivity index (χ3v) is 3.66. The second kappa shape index (κ2) is 5.58. The van der Waals surface area contributed by atoms with Crippen molar-refractivity contribution in [3.63, 3.8) is 0 Å². The molecule has 1 saturated heterocycles. The van der Waals surface area contributed by atoms with Crippen LogP contribution in [0.25, 0.3) is 0 Å². The zero-order valence-electron chi connectivity index (χ0n) is 12.1. The van der Waals surface area contributed by atoms with Gasteiger partial charge in [-0.2, -0.15) is 0 Å². The van der Waals surface area contributed by atoms with Crippen LogP contribution in [0.2, 0.25) is 0 Å². The van der Waals surface area contributed by atoms with E-state index in [1.54, 1.807) is 36.5 Å². The lowest BCUT2D eigenvalue weighted by Crippen LogP contribution is -2.63. The summed E-state index contributed by atoms with van der Waals surface area (Å²) in [5, 5.41) is 2.81. The average Bonchev–Trinajstić information content (AvgIpc) is 2.41. The van der Waals surface area contributed by atoms with Crippen molar-refractivity contribution in [3.05, 3.63) is 24.5 Å². The average molecular weight is 276 g/mol. The second-order valence-electron chi connectivity index (χ2n) is 5.49. The summed E-state index contributed by atoms with van der Waals surface area (Å²) in [4.78, 5) is 31.7. The maximum Gasteiger partial charge on any atom is 0.242 e. The summed E-state index contributed by atoms with van der Waals surface area (Å²) in [6.45, 7) is 5.24. The molecule has 1 fully saturated rings. The van der Waals surface area contributed by atoms with Gasteiger partial charge in [0.2, 0.25) is 11.8 Å². The summed E-state index contributed by atoms with van der Waals surface area (Å²) in [6.07, 6.45) is 3.25. The fourth-order valence-corrected chi connectivity index (χ4v) is 2.34. The van der Waals surface area contributed by atoms with Gasteiger partial charge in [0, 0.05) is 38.2 Å². The lowest BCUT2D eigenvalue weighted by molar-refractivity contribution is -0.147. The molecule has 1 N–H and O–H groups in total. The van der Waals surface area contributed by atoms with Crippen molar-refractivity contribution in [2.75, 3.05) is 32.0 Å². The normalized spacial score (nSPS) is 18.9. The van der Waals surface area contributed by atoms with Crippen molar-refractivity contribution in [2.45, 2.75) is 19.4 Å². The molecule has 1 aliphatic rings. The summed E-state index contributed by atoms with van der Waals surface area (Å²) in [5.41, 5.74) is 0.0611. The van der Waals surface area contributed by atoms with Crippen LogP contribution in [-0.4, -0.2) is 58.8 Å². The van der Waals surface area contributed by atoms with Crippen LogP contribution in [-0.2, 0) is 9.59 Å². The lowest BCUT2D eigenvalue weighted by atomic mass is 9.98. The van der Waals surface area contributed by atoms with E-state index in [1.165, 1.54) is 0 Å². The number of rotatable bonds is 3. The topological polar surface area (TPSA) is 65.5 Å². The van der Waals surface area contributed by atoms with Gasteiger partial charge in [0.1, 0.15) is 0 Å². The molecule has 6 heteroatoms. The molecule has 1 aromatic rings. The van der Waals surface area contributed by atoms with Crippen LogP contribution in [0.1, 0.15) is 13.8 Å². The van der Waals surface area contributed by atoms with Crippen molar-refractivity contribution in [3.8, 4) is 0 Å². The summed E-state index contributed by atoms with van der Waals surface area (Å²) < 4.78 is 0. The summed E-state index contributed by atoms with van der Waals surface area (Å²) >= 11 is 0. The number of pyridine rings is 1. The number of amides is 2. The molecule has 108 valence electrons. The van der Waals surface area contributed by atoms with Crippen LogP contribution in [0.4, 0.5) is 5.69 Å². The van der Waals surface area contributed by atoms with Crippen molar-refractivity contribution in [1.29, 1.82) is 0 Å². The van der Waals surface area contributed by atoms with Crippen LogP contribution < -0.4 is 5.32 Å². The molecule has 0 spiro atoms. The van der Waals surface area contributed by atoms with E-state index >= 15 is 0 Å². The number of nitrogens with zero attached hydrogens (tertiary/aromatic N) is 3. The Bertz CT molecular complexity index is 501. The molecule has 0 unspecified atom stereocenters. The van der Waals surface area contributed by atoms with Crippen molar-refractivity contribution < 1.29 is 9.59 Å². The fraction of sp³-hybridized carbons (Fsp3) is 0.500. The Morgan fingerprint density at radius 2 is 2.00 bits per heavy atom. The highest BCUT2D eigenvalue weighted by molar-refractivity contribution is 5.93. The van der Waals surface area contributed by atoms with Gasteiger partial charge in [-0.15, -0.1) is 0 Å². The van der Waals surface area contributed by atoms with Crippen molar-refractivity contribution in [1.82, 2.24) is 14.8 Å². The first kappa shape index (κ1) is 14.5. The molecule has 0 radical (unpaired) electrons. The smallest absolute Gasteiger partial charge is 0.242 e. The number of carbonyl (C=O) groups excluding carboxylic acids is 2. The Morgan fingerprint density at radius 1 is 1.35 bits per heavy atom. The molecule has 20 heavy (non-hydrogen) atoms. The Balaban J connectivity index is 1.99. The molecule has 2 amide bonds. The van der Waals surface area contributed by atoms with E-state index in [0.717, 1.165) is 0 Å². The van der Waals surface area contributed by atoms with E-state index in [2.05, 4.69) is 10.3 Å². The molecule has 2 rings (SSSR count). The third kappa shape index (κ3) is 2.96. The predicted molar refractivity (Wildman–Crippen MR) is 76.2 cm³/mol. The number of nitrogens with one attached hydrogen (secondary N) is 1. The van der Waals surface area contributed by atoms with Gasteiger partial charge in [0.05, 0.1) is 12.1 Å². The maximum atomic E-state index is 12.1. The van der Waals surface area contributed by atoms with E-state index in [-0.39, 0.29) is 18.4 Å². The molecular formula is C14H20N4O2. The number of hydrogen-bond acceptors (Lipinski definition) is 4. The second-order valence-corrected chi connectivity index (χ2v) is 5.49. The Labute approximate surface area is 118 Å². The van der Waals surface area contributed by atoms with Gasteiger partial charge in [0.25, 0.3) is 0 Å². The van der Waals surface area contributed by atoms with E-state index < -0.39 is 5.54 Å². The Kier molecular flexibility index (Phi) is 4.04. The molecule has 0 bridgehead atoms. The Morgan fingerprint density at radius 3 is 2.65 bits per heavy atom. The summed E-state index contributed by atoms with van der Waals surface area (Å²) in [5.74, 6) is -0.0814. The minimum Gasteiger partial charge on any atom is -0.343 e. The largest absolute Gasteiger partial charge is 0.343 e. The van der Waals surface area contributed by atoms with Crippen LogP contribution >= 0.6 is 0 Å². The molecule has 0 aromatic carbocycles. The molecule has 0 aliphatic carbocycles. The number of hydrogen-bond donors (Lipinski definition) is 1. The van der Waals surface area contributed by atoms with Gasteiger partial charge in [-0.3, -0.25) is 19.5 Å².